The Morgan fingerprint density at radius 3 is 2.71 bits per heavy atom. The number of aromatic nitrogens is 2. The van der Waals surface area contributed by atoms with Crippen LogP contribution in [-0.4, -0.2) is 23.0 Å². The van der Waals surface area contributed by atoms with E-state index >= 15 is 0 Å². The van der Waals surface area contributed by atoms with Gasteiger partial charge in [-0.15, -0.1) is 0 Å². The van der Waals surface area contributed by atoms with Crippen LogP contribution in [0, 0.1) is 0 Å². The van der Waals surface area contributed by atoms with Crippen LogP contribution in [0.3, 0.4) is 0 Å². The topological polar surface area (TPSA) is 64.1 Å². The Balaban J connectivity index is 2.13. The fraction of sp³-hybridized carbons (Fsp3) is 0.0833. The Hall–Kier alpha value is -2.43. The van der Waals surface area contributed by atoms with E-state index in [1.54, 1.807) is 30.3 Å². The molecule has 86 valence electrons. The molecule has 0 saturated carbocycles. The molecule has 1 amide bonds. The van der Waals surface area contributed by atoms with E-state index in [9.17, 15) is 4.79 Å². The molecule has 0 fully saturated rings. The molecular formula is C12H11N3O2. The van der Waals surface area contributed by atoms with Crippen LogP contribution >= 0.6 is 0 Å². The molecule has 5 heteroatoms. The summed E-state index contributed by atoms with van der Waals surface area (Å²) < 4.78 is 4.94. The van der Waals surface area contributed by atoms with Gasteiger partial charge in [0.25, 0.3) is 5.91 Å². The molecule has 0 spiro atoms. The van der Waals surface area contributed by atoms with Crippen molar-refractivity contribution in [1.82, 2.24) is 9.97 Å². The van der Waals surface area contributed by atoms with Crippen molar-refractivity contribution in [3.8, 4) is 5.88 Å². The van der Waals surface area contributed by atoms with Gasteiger partial charge in [-0.3, -0.25) is 10.1 Å². The lowest BCUT2D eigenvalue weighted by molar-refractivity contribution is 0.102. The molecule has 0 saturated heterocycles. The average Bonchev–Trinajstić information content (AvgIpc) is 2.40. The van der Waals surface area contributed by atoms with Crippen LogP contribution in [0.4, 0.5) is 5.95 Å². The highest BCUT2D eigenvalue weighted by Crippen LogP contribution is 2.08. The van der Waals surface area contributed by atoms with Gasteiger partial charge in [0.15, 0.2) is 0 Å². The van der Waals surface area contributed by atoms with E-state index in [1.165, 1.54) is 13.3 Å². The van der Waals surface area contributed by atoms with Crippen molar-refractivity contribution in [1.29, 1.82) is 0 Å². The third-order valence-electron chi connectivity index (χ3n) is 2.10. The average molecular weight is 229 g/mol. The zero-order valence-electron chi connectivity index (χ0n) is 9.25. The maximum atomic E-state index is 11.8. The van der Waals surface area contributed by atoms with Crippen LogP contribution in [0.5, 0.6) is 5.88 Å². The molecule has 0 aliphatic heterocycles. The predicted octanol–water partition coefficient (Wildman–Crippen LogP) is 1.74. The largest absolute Gasteiger partial charge is 0.481 e. The minimum Gasteiger partial charge on any atom is -0.481 e. The number of amides is 1. The molecule has 0 radical (unpaired) electrons. The Labute approximate surface area is 98.5 Å². The number of ether oxygens (including phenoxy) is 1. The molecule has 1 aromatic heterocycles. The number of carbonyl (C=O) groups excluding carboxylic acids is 1. The molecular weight excluding hydrogens is 218 g/mol. The summed E-state index contributed by atoms with van der Waals surface area (Å²) in [4.78, 5) is 19.7. The van der Waals surface area contributed by atoms with Gasteiger partial charge < -0.3 is 4.74 Å². The maximum Gasteiger partial charge on any atom is 0.258 e. The van der Waals surface area contributed by atoms with Crippen molar-refractivity contribution in [2.75, 3.05) is 12.4 Å². The number of carbonyl (C=O) groups is 1. The zero-order chi connectivity index (χ0) is 12.1. The van der Waals surface area contributed by atoms with Gasteiger partial charge in [-0.25, -0.2) is 4.98 Å². The van der Waals surface area contributed by atoms with Gasteiger partial charge in [0, 0.05) is 17.8 Å². The number of hydrogen-bond acceptors (Lipinski definition) is 4. The Kier molecular flexibility index (Phi) is 3.30. The number of anilines is 1. The molecule has 1 aromatic carbocycles. The van der Waals surface area contributed by atoms with E-state index in [-0.39, 0.29) is 11.9 Å². The fourth-order valence-corrected chi connectivity index (χ4v) is 1.28. The highest BCUT2D eigenvalue weighted by molar-refractivity contribution is 6.03. The normalized spacial score (nSPS) is 9.71. The first-order valence-corrected chi connectivity index (χ1v) is 5.03. The third-order valence-corrected chi connectivity index (χ3v) is 2.10. The van der Waals surface area contributed by atoms with Gasteiger partial charge in [-0.2, -0.15) is 4.98 Å². The minimum absolute atomic E-state index is 0.221. The summed E-state index contributed by atoms with van der Waals surface area (Å²) in [5.74, 6) is 0.375. The number of nitrogens with zero attached hydrogens (tertiary/aromatic N) is 2. The lowest BCUT2D eigenvalue weighted by atomic mass is 10.2. The number of hydrogen-bond donors (Lipinski definition) is 1. The summed E-state index contributed by atoms with van der Waals surface area (Å²) in [6.45, 7) is 0. The lowest BCUT2D eigenvalue weighted by Gasteiger charge is -2.04. The maximum absolute atomic E-state index is 11.8. The summed E-state index contributed by atoms with van der Waals surface area (Å²) in [5, 5.41) is 2.59. The van der Waals surface area contributed by atoms with Crippen molar-refractivity contribution >= 4 is 11.9 Å². The van der Waals surface area contributed by atoms with Crippen LogP contribution in [-0.2, 0) is 0 Å². The predicted molar refractivity (Wildman–Crippen MR) is 63.0 cm³/mol. The van der Waals surface area contributed by atoms with Gasteiger partial charge in [-0.05, 0) is 12.1 Å². The second-order valence-corrected chi connectivity index (χ2v) is 3.24. The number of benzene rings is 1. The van der Waals surface area contributed by atoms with Crippen molar-refractivity contribution in [3.05, 3.63) is 48.2 Å². The molecule has 1 N–H and O–H groups in total. The van der Waals surface area contributed by atoms with Gasteiger partial charge in [0.05, 0.1) is 7.11 Å². The summed E-state index contributed by atoms with van der Waals surface area (Å²) in [5.41, 5.74) is 0.555. The minimum atomic E-state index is -0.251. The zero-order valence-corrected chi connectivity index (χ0v) is 9.25. The molecule has 2 aromatic rings. The number of rotatable bonds is 3. The highest BCUT2D eigenvalue weighted by atomic mass is 16.5. The molecule has 1 heterocycles. The number of methoxy groups -OCH3 is 1. The summed E-state index contributed by atoms with van der Waals surface area (Å²) in [6, 6.07) is 10.5. The van der Waals surface area contributed by atoms with E-state index in [0.717, 1.165) is 0 Å². The van der Waals surface area contributed by atoms with E-state index in [0.29, 0.717) is 11.4 Å². The van der Waals surface area contributed by atoms with E-state index < -0.39 is 0 Å². The number of nitrogens with one attached hydrogen (secondary N) is 1. The quantitative estimate of drug-likeness (QED) is 0.870. The van der Waals surface area contributed by atoms with Crippen molar-refractivity contribution < 1.29 is 9.53 Å². The fourth-order valence-electron chi connectivity index (χ4n) is 1.28. The summed E-state index contributed by atoms with van der Waals surface area (Å²) in [7, 11) is 1.51. The SMILES string of the molecule is COc1ccnc(NC(=O)c2ccccc2)n1. The standard InChI is InChI=1S/C12H11N3O2/c1-17-10-7-8-13-12(14-10)15-11(16)9-5-3-2-4-6-9/h2-8H,1H3,(H,13,14,15,16). The molecule has 0 bridgehead atoms. The lowest BCUT2D eigenvalue weighted by Crippen LogP contribution is -2.14. The third kappa shape index (κ3) is 2.78. The first kappa shape index (κ1) is 11.1. The first-order valence-electron chi connectivity index (χ1n) is 5.03. The van der Waals surface area contributed by atoms with Crippen molar-refractivity contribution in [2.24, 2.45) is 0 Å². The second-order valence-electron chi connectivity index (χ2n) is 3.24. The second kappa shape index (κ2) is 5.07. The van der Waals surface area contributed by atoms with Crippen LogP contribution < -0.4 is 10.1 Å². The van der Waals surface area contributed by atoms with Gasteiger partial charge >= 0.3 is 0 Å². The van der Waals surface area contributed by atoms with Crippen LogP contribution in [0.2, 0.25) is 0 Å². The smallest absolute Gasteiger partial charge is 0.258 e. The monoisotopic (exact) mass is 229 g/mol. The molecule has 17 heavy (non-hydrogen) atoms. The van der Waals surface area contributed by atoms with Crippen LogP contribution in [0.25, 0.3) is 0 Å². The van der Waals surface area contributed by atoms with Crippen molar-refractivity contribution in [3.63, 3.8) is 0 Å². The summed E-state index contributed by atoms with van der Waals surface area (Å²) in [6.07, 6.45) is 1.52. The Morgan fingerprint density at radius 1 is 1.24 bits per heavy atom. The van der Waals surface area contributed by atoms with E-state index in [4.69, 9.17) is 4.74 Å². The molecule has 0 aliphatic rings. The van der Waals surface area contributed by atoms with Crippen LogP contribution in [0.1, 0.15) is 10.4 Å². The van der Waals surface area contributed by atoms with E-state index in [1.807, 2.05) is 6.07 Å². The Morgan fingerprint density at radius 2 is 2.00 bits per heavy atom. The molecule has 0 unspecified atom stereocenters. The first-order chi connectivity index (χ1) is 8.29. The van der Waals surface area contributed by atoms with Crippen molar-refractivity contribution in [2.45, 2.75) is 0 Å². The Bertz CT molecular complexity index is 514. The molecule has 5 nitrogen and oxygen atoms in total. The molecule has 2 rings (SSSR count). The van der Waals surface area contributed by atoms with E-state index in [2.05, 4.69) is 15.3 Å². The van der Waals surface area contributed by atoms with Gasteiger partial charge in [-0.1, -0.05) is 18.2 Å². The van der Waals surface area contributed by atoms with Crippen LogP contribution in [0.15, 0.2) is 42.6 Å². The molecule has 0 aliphatic carbocycles. The summed E-state index contributed by atoms with van der Waals surface area (Å²) >= 11 is 0. The highest BCUT2D eigenvalue weighted by Gasteiger charge is 2.07. The van der Waals surface area contributed by atoms with Gasteiger partial charge in [0.1, 0.15) is 0 Å². The van der Waals surface area contributed by atoms with Gasteiger partial charge in [0.2, 0.25) is 11.8 Å². The molecule has 0 atom stereocenters.